The summed E-state index contributed by atoms with van der Waals surface area (Å²) in [5, 5.41) is 0. The van der Waals surface area contributed by atoms with Crippen LogP contribution in [0.2, 0.25) is 0 Å². The first-order valence-electron chi connectivity index (χ1n) is 8.47. The highest BCUT2D eigenvalue weighted by Gasteiger charge is 2.28. The lowest BCUT2D eigenvalue weighted by molar-refractivity contribution is 0.0727. The number of esters is 1. The van der Waals surface area contributed by atoms with Crippen molar-refractivity contribution in [3.05, 3.63) is 59.4 Å². The van der Waals surface area contributed by atoms with Crippen molar-refractivity contribution in [2.24, 2.45) is 0 Å². The predicted octanol–water partition coefficient (Wildman–Crippen LogP) is 3.53. The Morgan fingerprint density at radius 2 is 1.77 bits per heavy atom. The van der Waals surface area contributed by atoms with Gasteiger partial charge in [0.05, 0.1) is 10.5 Å². The second kappa shape index (κ2) is 7.55. The fourth-order valence-corrected chi connectivity index (χ4v) is 4.70. The minimum absolute atomic E-state index is 0.0643. The summed E-state index contributed by atoms with van der Waals surface area (Å²) in [6.07, 6.45) is 2.67. The van der Waals surface area contributed by atoms with E-state index in [-0.39, 0.29) is 16.2 Å². The molecule has 0 amide bonds. The molecule has 0 unspecified atom stereocenters. The zero-order valence-electron chi connectivity index (χ0n) is 14.4. The van der Waals surface area contributed by atoms with Crippen LogP contribution in [0, 0.1) is 12.7 Å². The highest BCUT2D eigenvalue weighted by atomic mass is 32.2. The second-order valence-electron chi connectivity index (χ2n) is 6.26. The van der Waals surface area contributed by atoms with E-state index < -0.39 is 21.8 Å². The Balaban J connectivity index is 1.90. The summed E-state index contributed by atoms with van der Waals surface area (Å²) < 4.78 is 46.0. The molecule has 1 aliphatic rings. The van der Waals surface area contributed by atoms with E-state index in [4.69, 9.17) is 4.74 Å². The molecule has 2 aromatic carbocycles. The summed E-state index contributed by atoms with van der Waals surface area (Å²) >= 11 is 0. The molecule has 0 N–H and O–H groups in total. The number of ether oxygens (including phenoxy) is 1. The summed E-state index contributed by atoms with van der Waals surface area (Å²) in [5.74, 6) is -1.65. The van der Waals surface area contributed by atoms with Gasteiger partial charge in [-0.1, -0.05) is 24.6 Å². The van der Waals surface area contributed by atoms with Crippen LogP contribution >= 0.6 is 0 Å². The number of carbonyl (C=O) groups is 1. The number of rotatable bonds is 4. The van der Waals surface area contributed by atoms with Crippen LogP contribution in [0.25, 0.3) is 0 Å². The fourth-order valence-electron chi connectivity index (χ4n) is 2.94. The number of halogens is 1. The molecule has 1 heterocycles. The normalized spacial score (nSPS) is 15.6. The topological polar surface area (TPSA) is 63.7 Å². The van der Waals surface area contributed by atoms with E-state index in [1.165, 1.54) is 34.6 Å². The van der Waals surface area contributed by atoms with Crippen LogP contribution in [-0.4, -0.2) is 31.8 Å². The lowest BCUT2D eigenvalue weighted by atomic mass is 10.1. The molecule has 5 nitrogen and oxygen atoms in total. The van der Waals surface area contributed by atoms with E-state index in [2.05, 4.69) is 0 Å². The molecule has 138 valence electrons. The molecule has 1 fully saturated rings. The number of aryl methyl sites for hydroxylation is 1. The van der Waals surface area contributed by atoms with E-state index in [1.54, 1.807) is 19.1 Å². The second-order valence-corrected chi connectivity index (χ2v) is 8.17. The Kier molecular flexibility index (Phi) is 5.38. The van der Waals surface area contributed by atoms with Crippen molar-refractivity contribution in [3.8, 4) is 5.75 Å². The summed E-state index contributed by atoms with van der Waals surface area (Å²) in [4.78, 5) is 12.4. The lowest BCUT2D eigenvalue weighted by Gasteiger charge is -2.26. The van der Waals surface area contributed by atoms with Crippen LogP contribution in [0.4, 0.5) is 4.39 Å². The molecule has 26 heavy (non-hydrogen) atoms. The Bertz CT molecular complexity index is 921. The number of piperidine rings is 1. The molecule has 1 saturated heterocycles. The van der Waals surface area contributed by atoms with Gasteiger partial charge in [-0.3, -0.25) is 0 Å². The van der Waals surface area contributed by atoms with Crippen LogP contribution in [-0.2, 0) is 10.0 Å². The average molecular weight is 377 g/mol. The van der Waals surface area contributed by atoms with Gasteiger partial charge >= 0.3 is 5.97 Å². The van der Waals surface area contributed by atoms with Crippen LogP contribution in [0.1, 0.15) is 35.2 Å². The van der Waals surface area contributed by atoms with Crippen molar-refractivity contribution >= 4 is 16.0 Å². The van der Waals surface area contributed by atoms with Gasteiger partial charge in [0, 0.05) is 13.1 Å². The molecule has 0 atom stereocenters. The van der Waals surface area contributed by atoms with Gasteiger partial charge in [-0.05, 0) is 49.6 Å². The van der Waals surface area contributed by atoms with E-state index >= 15 is 0 Å². The van der Waals surface area contributed by atoms with Crippen LogP contribution in [0.3, 0.4) is 0 Å². The Morgan fingerprint density at radius 1 is 1.08 bits per heavy atom. The average Bonchev–Trinajstić information content (AvgIpc) is 2.64. The van der Waals surface area contributed by atoms with Crippen molar-refractivity contribution < 1.29 is 22.3 Å². The molecular formula is C19H20FNO4S. The predicted molar refractivity (Wildman–Crippen MR) is 95.1 cm³/mol. The molecule has 1 aliphatic heterocycles. The number of hydrogen-bond donors (Lipinski definition) is 0. The third kappa shape index (κ3) is 3.78. The first-order chi connectivity index (χ1) is 12.4. The Morgan fingerprint density at radius 3 is 2.46 bits per heavy atom. The highest BCUT2D eigenvalue weighted by Crippen LogP contribution is 2.25. The van der Waals surface area contributed by atoms with Crippen molar-refractivity contribution in [3.63, 3.8) is 0 Å². The van der Waals surface area contributed by atoms with Gasteiger partial charge in [0.1, 0.15) is 0 Å². The van der Waals surface area contributed by atoms with Crippen LogP contribution < -0.4 is 4.74 Å². The Labute approximate surface area is 152 Å². The smallest absolute Gasteiger partial charge is 0.343 e. The number of hydrogen-bond acceptors (Lipinski definition) is 4. The number of sulfonamides is 1. The summed E-state index contributed by atoms with van der Waals surface area (Å²) in [7, 11) is -3.68. The SMILES string of the molecule is Cc1ccc(C(=O)Oc2ccccc2F)cc1S(=O)(=O)N1CCCCC1. The molecular weight excluding hydrogens is 357 g/mol. The van der Waals surface area contributed by atoms with Crippen molar-refractivity contribution in [2.45, 2.75) is 31.1 Å². The molecule has 0 radical (unpaired) electrons. The standard InChI is InChI=1S/C19H20FNO4S/c1-14-9-10-15(19(22)25-17-8-4-3-7-16(17)20)13-18(14)26(23,24)21-11-5-2-6-12-21/h3-4,7-10,13H,2,5-6,11-12H2,1H3. The molecule has 0 bridgehead atoms. The number of para-hydroxylation sites is 1. The quantitative estimate of drug-likeness (QED) is 0.604. The molecule has 3 rings (SSSR count). The summed E-state index contributed by atoms with van der Waals surface area (Å²) in [6.45, 7) is 2.64. The van der Waals surface area contributed by atoms with E-state index in [9.17, 15) is 17.6 Å². The highest BCUT2D eigenvalue weighted by molar-refractivity contribution is 7.89. The van der Waals surface area contributed by atoms with Gasteiger partial charge in [-0.2, -0.15) is 4.31 Å². The van der Waals surface area contributed by atoms with Gasteiger partial charge < -0.3 is 4.74 Å². The fraction of sp³-hybridized carbons (Fsp3) is 0.316. The molecule has 7 heteroatoms. The van der Waals surface area contributed by atoms with E-state index in [0.29, 0.717) is 18.7 Å². The lowest BCUT2D eigenvalue weighted by Crippen LogP contribution is -2.36. The van der Waals surface area contributed by atoms with Gasteiger partial charge in [-0.25, -0.2) is 17.6 Å². The minimum atomic E-state index is -3.68. The largest absolute Gasteiger partial charge is 0.420 e. The van der Waals surface area contributed by atoms with Crippen LogP contribution in [0.5, 0.6) is 5.75 Å². The van der Waals surface area contributed by atoms with E-state index in [1.807, 2.05) is 0 Å². The maximum absolute atomic E-state index is 13.7. The monoisotopic (exact) mass is 377 g/mol. The van der Waals surface area contributed by atoms with Gasteiger partial charge in [0.15, 0.2) is 11.6 Å². The van der Waals surface area contributed by atoms with Crippen molar-refractivity contribution in [1.82, 2.24) is 4.31 Å². The zero-order chi connectivity index (χ0) is 18.7. The van der Waals surface area contributed by atoms with Gasteiger partial charge in [-0.15, -0.1) is 0 Å². The first kappa shape index (κ1) is 18.5. The Hall–Kier alpha value is -2.25. The summed E-state index contributed by atoms with van der Waals surface area (Å²) in [6, 6.07) is 9.91. The molecule has 0 spiro atoms. The van der Waals surface area contributed by atoms with Gasteiger partial charge in [0.25, 0.3) is 0 Å². The van der Waals surface area contributed by atoms with Crippen molar-refractivity contribution in [1.29, 1.82) is 0 Å². The third-order valence-corrected chi connectivity index (χ3v) is 6.44. The minimum Gasteiger partial charge on any atom is -0.420 e. The number of carbonyl (C=O) groups excluding carboxylic acids is 1. The molecule has 0 aromatic heterocycles. The zero-order valence-corrected chi connectivity index (χ0v) is 15.3. The van der Waals surface area contributed by atoms with E-state index in [0.717, 1.165) is 19.3 Å². The molecule has 0 saturated carbocycles. The van der Waals surface area contributed by atoms with Crippen molar-refractivity contribution in [2.75, 3.05) is 13.1 Å². The first-order valence-corrected chi connectivity index (χ1v) is 9.91. The number of nitrogens with zero attached hydrogens (tertiary/aromatic N) is 1. The van der Waals surface area contributed by atoms with Crippen LogP contribution in [0.15, 0.2) is 47.4 Å². The molecule has 2 aromatic rings. The summed E-state index contributed by atoms with van der Waals surface area (Å²) in [5.41, 5.74) is 0.618. The molecule has 0 aliphatic carbocycles. The van der Waals surface area contributed by atoms with Gasteiger partial charge in [0.2, 0.25) is 10.0 Å². The maximum Gasteiger partial charge on any atom is 0.343 e. The maximum atomic E-state index is 13.7. The third-order valence-electron chi connectivity index (χ3n) is 4.40. The number of benzene rings is 2.